The van der Waals surface area contributed by atoms with Gasteiger partial charge in [0.15, 0.2) is 0 Å². The minimum Gasteiger partial charge on any atom is -0.384 e. The second kappa shape index (κ2) is 6.55. The zero-order valence-corrected chi connectivity index (χ0v) is 11.0. The van der Waals surface area contributed by atoms with E-state index in [1.165, 1.54) is 0 Å². The number of nitrogens with zero attached hydrogens (tertiary/aromatic N) is 1. The standard InChI is InChI=1S/C15H14N2O3/c1-11-9-13(17-20-11)10-16-15(19)14-7-3-2-5-12(14)6-4-8-18/h2-3,5,7,9,18H,8,10H2,1H3,(H,16,19). The van der Waals surface area contributed by atoms with E-state index in [4.69, 9.17) is 9.63 Å². The summed E-state index contributed by atoms with van der Waals surface area (Å²) in [5, 5.41) is 15.3. The summed E-state index contributed by atoms with van der Waals surface area (Å²) in [7, 11) is 0. The van der Waals surface area contributed by atoms with Gasteiger partial charge in [-0.25, -0.2) is 0 Å². The third-order valence-electron chi connectivity index (χ3n) is 2.58. The van der Waals surface area contributed by atoms with Crippen molar-refractivity contribution < 1.29 is 14.4 Å². The number of carbonyl (C=O) groups excluding carboxylic acids is 1. The minimum atomic E-state index is -0.242. The lowest BCUT2D eigenvalue weighted by molar-refractivity contribution is 0.0950. The van der Waals surface area contributed by atoms with Gasteiger partial charge in [0, 0.05) is 11.6 Å². The lowest BCUT2D eigenvalue weighted by atomic mass is 10.1. The second-order valence-electron chi connectivity index (χ2n) is 4.12. The molecule has 0 aliphatic heterocycles. The monoisotopic (exact) mass is 270 g/mol. The molecule has 5 nitrogen and oxygen atoms in total. The number of carbonyl (C=O) groups is 1. The molecule has 0 radical (unpaired) electrons. The van der Waals surface area contributed by atoms with Crippen molar-refractivity contribution in [3.63, 3.8) is 0 Å². The Morgan fingerprint density at radius 1 is 1.45 bits per heavy atom. The molecule has 0 saturated carbocycles. The molecular weight excluding hydrogens is 256 g/mol. The number of hydrogen-bond acceptors (Lipinski definition) is 4. The van der Waals surface area contributed by atoms with E-state index in [-0.39, 0.29) is 19.1 Å². The van der Waals surface area contributed by atoms with Crippen LogP contribution in [0.15, 0.2) is 34.9 Å². The Labute approximate surface area is 116 Å². The van der Waals surface area contributed by atoms with Crippen molar-refractivity contribution in [1.82, 2.24) is 10.5 Å². The zero-order valence-electron chi connectivity index (χ0n) is 11.0. The van der Waals surface area contributed by atoms with Gasteiger partial charge in [-0.2, -0.15) is 0 Å². The van der Waals surface area contributed by atoms with Gasteiger partial charge in [-0.05, 0) is 19.1 Å². The van der Waals surface area contributed by atoms with Crippen LogP contribution >= 0.6 is 0 Å². The first-order valence-corrected chi connectivity index (χ1v) is 6.10. The normalized spacial score (nSPS) is 9.70. The summed E-state index contributed by atoms with van der Waals surface area (Å²) in [6.07, 6.45) is 0. The maximum Gasteiger partial charge on any atom is 0.252 e. The number of aliphatic hydroxyl groups is 1. The van der Waals surface area contributed by atoms with E-state index in [1.807, 2.05) is 0 Å². The fraction of sp³-hybridized carbons (Fsp3) is 0.200. The quantitative estimate of drug-likeness (QED) is 0.823. The summed E-state index contributed by atoms with van der Waals surface area (Å²) >= 11 is 0. The minimum absolute atomic E-state index is 0.242. The summed E-state index contributed by atoms with van der Waals surface area (Å²) in [6.45, 7) is 1.84. The molecule has 102 valence electrons. The van der Waals surface area contributed by atoms with Gasteiger partial charge in [-0.15, -0.1) is 0 Å². The Kier molecular flexibility index (Phi) is 4.53. The SMILES string of the molecule is Cc1cc(CNC(=O)c2ccccc2C#CCO)no1. The van der Waals surface area contributed by atoms with Gasteiger partial charge in [-0.1, -0.05) is 29.1 Å². The van der Waals surface area contributed by atoms with Crippen LogP contribution in [0.25, 0.3) is 0 Å². The smallest absolute Gasteiger partial charge is 0.252 e. The number of aryl methyl sites for hydroxylation is 1. The third-order valence-corrected chi connectivity index (χ3v) is 2.58. The molecule has 2 rings (SSSR count). The molecular formula is C15H14N2O3. The topological polar surface area (TPSA) is 75.4 Å². The molecule has 1 aromatic carbocycles. The molecule has 2 N–H and O–H groups in total. The van der Waals surface area contributed by atoms with Gasteiger partial charge in [0.25, 0.3) is 5.91 Å². The molecule has 0 unspecified atom stereocenters. The van der Waals surface area contributed by atoms with Gasteiger partial charge in [0.1, 0.15) is 18.1 Å². The Morgan fingerprint density at radius 3 is 2.95 bits per heavy atom. The number of nitrogens with one attached hydrogen (secondary N) is 1. The molecule has 0 fully saturated rings. The predicted octanol–water partition coefficient (Wildman–Crippen LogP) is 1.26. The summed E-state index contributed by atoms with van der Waals surface area (Å²) in [4.78, 5) is 12.1. The highest BCUT2D eigenvalue weighted by Crippen LogP contribution is 2.08. The molecule has 1 heterocycles. The summed E-state index contributed by atoms with van der Waals surface area (Å²) in [5.41, 5.74) is 1.71. The average Bonchev–Trinajstić information content (AvgIpc) is 2.88. The van der Waals surface area contributed by atoms with E-state index >= 15 is 0 Å². The van der Waals surface area contributed by atoms with Crippen LogP contribution in [-0.2, 0) is 6.54 Å². The Bertz CT molecular complexity index is 665. The maximum absolute atomic E-state index is 12.1. The van der Waals surface area contributed by atoms with Gasteiger partial charge >= 0.3 is 0 Å². The molecule has 0 atom stereocenters. The van der Waals surface area contributed by atoms with Crippen LogP contribution in [-0.4, -0.2) is 22.8 Å². The lowest BCUT2D eigenvalue weighted by Crippen LogP contribution is -2.23. The summed E-state index contributed by atoms with van der Waals surface area (Å²) in [5.74, 6) is 5.74. The van der Waals surface area contributed by atoms with E-state index in [2.05, 4.69) is 22.3 Å². The van der Waals surface area contributed by atoms with Gasteiger partial charge < -0.3 is 14.9 Å². The van der Waals surface area contributed by atoms with Crippen LogP contribution in [0.2, 0.25) is 0 Å². The van der Waals surface area contributed by atoms with Crippen LogP contribution in [0.4, 0.5) is 0 Å². The molecule has 1 amide bonds. The number of aromatic nitrogens is 1. The van der Waals surface area contributed by atoms with Gasteiger partial charge in [0.2, 0.25) is 0 Å². The molecule has 0 aliphatic carbocycles. The molecule has 0 aliphatic rings. The molecule has 0 saturated heterocycles. The number of hydrogen-bond donors (Lipinski definition) is 2. The Morgan fingerprint density at radius 2 is 2.25 bits per heavy atom. The largest absolute Gasteiger partial charge is 0.384 e. The van der Waals surface area contributed by atoms with Crippen molar-refractivity contribution in [2.24, 2.45) is 0 Å². The highest BCUT2D eigenvalue weighted by Gasteiger charge is 2.10. The number of benzene rings is 1. The van der Waals surface area contributed by atoms with Gasteiger partial charge in [0.05, 0.1) is 12.1 Å². The van der Waals surface area contributed by atoms with Gasteiger partial charge in [-0.3, -0.25) is 4.79 Å². The van der Waals surface area contributed by atoms with Crippen molar-refractivity contribution in [3.05, 3.63) is 52.9 Å². The van der Waals surface area contributed by atoms with Crippen molar-refractivity contribution in [3.8, 4) is 11.8 Å². The predicted molar refractivity (Wildman–Crippen MR) is 72.8 cm³/mol. The third kappa shape index (κ3) is 3.46. The number of amides is 1. The van der Waals surface area contributed by atoms with Crippen LogP contribution in [0.1, 0.15) is 27.4 Å². The van der Waals surface area contributed by atoms with Crippen molar-refractivity contribution in [2.75, 3.05) is 6.61 Å². The van der Waals surface area contributed by atoms with E-state index in [0.717, 1.165) is 0 Å². The molecule has 0 spiro atoms. The zero-order chi connectivity index (χ0) is 14.4. The molecule has 20 heavy (non-hydrogen) atoms. The van der Waals surface area contributed by atoms with Crippen molar-refractivity contribution in [2.45, 2.75) is 13.5 Å². The first-order chi connectivity index (χ1) is 9.70. The van der Waals surface area contributed by atoms with Crippen LogP contribution in [0, 0.1) is 18.8 Å². The molecule has 0 bridgehead atoms. The van der Waals surface area contributed by atoms with E-state index in [9.17, 15) is 4.79 Å². The Balaban J connectivity index is 2.09. The van der Waals surface area contributed by atoms with E-state index in [1.54, 1.807) is 37.3 Å². The fourth-order valence-electron chi connectivity index (χ4n) is 1.69. The fourth-order valence-corrected chi connectivity index (χ4v) is 1.69. The van der Waals surface area contributed by atoms with Crippen molar-refractivity contribution >= 4 is 5.91 Å². The second-order valence-corrected chi connectivity index (χ2v) is 4.12. The number of rotatable bonds is 3. The first kappa shape index (κ1) is 13.8. The van der Waals surface area contributed by atoms with E-state index < -0.39 is 0 Å². The van der Waals surface area contributed by atoms with Crippen LogP contribution < -0.4 is 5.32 Å². The maximum atomic E-state index is 12.1. The lowest BCUT2D eigenvalue weighted by Gasteiger charge is -2.05. The molecule has 2 aromatic rings. The van der Waals surface area contributed by atoms with E-state index in [0.29, 0.717) is 22.6 Å². The number of aliphatic hydroxyl groups excluding tert-OH is 1. The highest BCUT2D eigenvalue weighted by atomic mass is 16.5. The molecule has 5 heteroatoms. The van der Waals surface area contributed by atoms with Crippen molar-refractivity contribution in [1.29, 1.82) is 0 Å². The van der Waals surface area contributed by atoms with Crippen LogP contribution in [0.3, 0.4) is 0 Å². The first-order valence-electron chi connectivity index (χ1n) is 6.10. The Hall–Kier alpha value is -2.58. The van der Waals surface area contributed by atoms with Crippen LogP contribution in [0.5, 0.6) is 0 Å². The summed E-state index contributed by atoms with van der Waals surface area (Å²) < 4.78 is 4.93. The highest BCUT2D eigenvalue weighted by molar-refractivity contribution is 5.96. The summed E-state index contributed by atoms with van der Waals surface area (Å²) in [6, 6.07) is 8.73. The average molecular weight is 270 g/mol. The molecule has 1 aromatic heterocycles.